The monoisotopic (exact) mass is 376 g/mol. The van der Waals surface area contributed by atoms with E-state index in [-0.39, 0.29) is 22.4 Å². The smallest absolute Gasteiger partial charge is 0.313 e. The second-order valence-electron chi connectivity index (χ2n) is 12.1. The normalized spacial score (nSPS) is 35.4. The Labute approximate surface area is 168 Å². The zero-order valence-electron chi connectivity index (χ0n) is 19.3. The first kappa shape index (κ1) is 21.2. The molecule has 1 atom stereocenters. The number of esters is 1. The Hall–Kier alpha value is -0.530. The molecule has 4 fully saturated rings. The van der Waals surface area contributed by atoms with Crippen molar-refractivity contribution in [2.75, 3.05) is 0 Å². The van der Waals surface area contributed by atoms with E-state index in [1.165, 1.54) is 38.5 Å². The molecule has 0 heterocycles. The third-order valence-electron chi connectivity index (χ3n) is 9.45. The van der Waals surface area contributed by atoms with Crippen molar-refractivity contribution >= 4 is 5.97 Å². The lowest BCUT2D eigenvalue weighted by molar-refractivity contribution is -0.215. The van der Waals surface area contributed by atoms with Crippen LogP contribution in [0.1, 0.15) is 107 Å². The van der Waals surface area contributed by atoms with Crippen LogP contribution in [0.3, 0.4) is 0 Å². The quantitative estimate of drug-likeness (QED) is 0.466. The van der Waals surface area contributed by atoms with Gasteiger partial charge in [-0.2, -0.15) is 0 Å². The summed E-state index contributed by atoms with van der Waals surface area (Å²) in [5.74, 6) is 3.04. The van der Waals surface area contributed by atoms with E-state index in [1.54, 1.807) is 0 Å². The van der Waals surface area contributed by atoms with Crippen LogP contribution in [0.4, 0.5) is 0 Å². The lowest BCUT2D eigenvalue weighted by Crippen LogP contribution is -2.59. The first-order valence-corrected chi connectivity index (χ1v) is 11.6. The first-order valence-electron chi connectivity index (χ1n) is 11.6. The Morgan fingerprint density at radius 3 is 1.63 bits per heavy atom. The van der Waals surface area contributed by atoms with Gasteiger partial charge in [-0.3, -0.25) is 4.79 Å². The Morgan fingerprint density at radius 2 is 1.30 bits per heavy atom. The average Bonchev–Trinajstić information content (AvgIpc) is 2.52. The second-order valence-corrected chi connectivity index (χ2v) is 12.1. The second kappa shape index (κ2) is 6.77. The molecule has 0 radical (unpaired) electrons. The summed E-state index contributed by atoms with van der Waals surface area (Å²) in [6, 6.07) is 0. The molecule has 0 saturated heterocycles. The van der Waals surface area contributed by atoms with Crippen molar-refractivity contribution in [1.29, 1.82) is 0 Å². The average molecular weight is 377 g/mol. The lowest BCUT2D eigenvalue weighted by Gasteiger charge is -2.62. The van der Waals surface area contributed by atoms with E-state index in [0.717, 1.165) is 30.6 Å². The van der Waals surface area contributed by atoms with Crippen LogP contribution >= 0.6 is 0 Å². The molecule has 4 aliphatic rings. The molecular weight excluding hydrogens is 332 g/mol. The van der Waals surface area contributed by atoms with Gasteiger partial charge < -0.3 is 4.74 Å². The molecule has 27 heavy (non-hydrogen) atoms. The van der Waals surface area contributed by atoms with Crippen LogP contribution < -0.4 is 0 Å². The molecular formula is C25H44O2. The summed E-state index contributed by atoms with van der Waals surface area (Å²) in [6.45, 7) is 17.7. The standard InChI is InChI=1S/C25H44O2/c1-9-20(10-2)24(8,22(3,4)5)21(26)27-23(6,7)25-14-17-11-18(15-25)13-19(12-17)16-25/h17-20H,9-16H2,1-8H3. The van der Waals surface area contributed by atoms with Gasteiger partial charge >= 0.3 is 5.97 Å². The highest BCUT2D eigenvalue weighted by Gasteiger charge is 2.60. The van der Waals surface area contributed by atoms with Gasteiger partial charge in [0.15, 0.2) is 0 Å². The van der Waals surface area contributed by atoms with E-state index in [9.17, 15) is 4.79 Å². The van der Waals surface area contributed by atoms with Gasteiger partial charge in [-0.05, 0) is 88.4 Å². The summed E-state index contributed by atoms with van der Waals surface area (Å²) in [6.07, 6.45) is 10.2. The van der Waals surface area contributed by atoms with Crippen molar-refractivity contribution in [2.45, 2.75) is 112 Å². The first-order chi connectivity index (χ1) is 12.4. The molecule has 4 rings (SSSR count). The molecule has 4 saturated carbocycles. The SMILES string of the molecule is CCC(CC)C(C)(C(=O)OC(C)(C)C12CC3CC(CC(C3)C1)C2)C(C)(C)C. The molecule has 2 heteroatoms. The van der Waals surface area contributed by atoms with E-state index in [0.29, 0.717) is 5.92 Å². The molecule has 0 aromatic carbocycles. The summed E-state index contributed by atoms with van der Waals surface area (Å²) in [5.41, 5.74) is -0.711. The van der Waals surface area contributed by atoms with E-state index in [2.05, 4.69) is 55.4 Å². The maximum atomic E-state index is 13.8. The fourth-order valence-corrected chi connectivity index (χ4v) is 7.48. The summed E-state index contributed by atoms with van der Waals surface area (Å²) in [4.78, 5) is 13.8. The molecule has 1 unspecified atom stereocenters. The summed E-state index contributed by atoms with van der Waals surface area (Å²) in [7, 11) is 0. The van der Waals surface area contributed by atoms with Crippen LogP contribution in [0.25, 0.3) is 0 Å². The topological polar surface area (TPSA) is 26.3 Å². The van der Waals surface area contributed by atoms with Crippen LogP contribution in [-0.2, 0) is 9.53 Å². The highest BCUT2D eigenvalue weighted by Crippen LogP contribution is 2.64. The zero-order valence-corrected chi connectivity index (χ0v) is 19.3. The Bertz CT molecular complexity index is 528. The van der Waals surface area contributed by atoms with Gasteiger partial charge in [0.25, 0.3) is 0 Å². The van der Waals surface area contributed by atoms with Crippen molar-refractivity contribution in [2.24, 2.45) is 39.9 Å². The number of carbonyl (C=O) groups is 1. The number of ether oxygens (including phenoxy) is 1. The predicted octanol–water partition coefficient (Wildman–Crippen LogP) is 7.01. The van der Waals surface area contributed by atoms with Gasteiger partial charge in [-0.25, -0.2) is 0 Å². The minimum absolute atomic E-state index is 0.0458. The van der Waals surface area contributed by atoms with E-state index in [1.807, 2.05) is 0 Å². The van der Waals surface area contributed by atoms with Gasteiger partial charge in [0.1, 0.15) is 5.60 Å². The van der Waals surface area contributed by atoms with Crippen LogP contribution in [-0.4, -0.2) is 11.6 Å². The Kier molecular flexibility index (Phi) is 5.31. The molecule has 0 N–H and O–H groups in total. The molecule has 0 aromatic rings. The number of carbonyl (C=O) groups excluding carboxylic acids is 1. The molecule has 0 aromatic heterocycles. The number of hydrogen-bond donors (Lipinski definition) is 0. The van der Waals surface area contributed by atoms with Crippen molar-refractivity contribution in [3.05, 3.63) is 0 Å². The van der Waals surface area contributed by atoms with Gasteiger partial charge in [-0.1, -0.05) is 47.5 Å². The molecule has 2 nitrogen and oxygen atoms in total. The van der Waals surface area contributed by atoms with Crippen LogP contribution in [0, 0.1) is 39.9 Å². The van der Waals surface area contributed by atoms with Gasteiger partial charge in [0, 0.05) is 5.41 Å². The summed E-state index contributed by atoms with van der Waals surface area (Å²) in [5, 5.41) is 0. The van der Waals surface area contributed by atoms with E-state index < -0.39 is 5.41 Å². The Morgan fingerprint density at radius 1 is 0.889 bits per heavy atom. The third-order valence-corrected chi connectivity index (χ3v) is 9.45. The number of rotatable bonds is 6. The fourth-order valence-electron chi connectivity index (χ4n) is 7.48. The fraction of sp³-hybridized carbons (Fsp3) is 0.960. The maximum absolute atomic E-state index is 13.8. The summed E-state index contributed by atoms with van der Waals surface area (Å²) < 4.78 is 6.56. The molecule has 4 aliphatic carbocycles. The molecule has 156 valence electrons. The highest BCUT2D eigenvalue weighted by molar-refractivity contribution is 5.78. The van der Waals surface area contributed by atoms with Gasteiger partial charge in [0.2, 0.25) is 0 Å². The third kappa shape index (κ3) is 3.27. The van der Waals surface area contributed by atoms with E-state index in [4.69, 9.17) is 4.74 Å². The minimum Gasteiger partial charge on any atom is -0.459 e. The van der Waals surface area contributed by atoms with E-state index >= 15 is 0 Å². The maximum Gasteiger partial charge on any atom is 0.313 e. The predicted molar refractivity (Wildman–Crippen MR) is 112 cm³/mol. The van der Waals surface area contributed by atoms with Crippen LogP contribution in [0.5, 0.6) is 0 Å². The van der Waals surface area contributed by atoms with Gasteiger partial charge in [-0.15, -0.1) is 0 Å². The number of hydrogen-bond acceptors (Lipinski definition) is 2. The molecule has 0 spiro atoms. The lowest BCUT2D eigenvalue weighted by atomic mass is 9.45. The van der Waals surface area contributed by atoms with Crippen LogP contribution in [0.15, 0.2) is 0 Å². The Balaban J connectivity index is 1.87. The van der Waals surface area contributed by atoms with Crippen molar-refractivity contribution in [3.63, 3.8) is 0 Å². The zero-order chi connectivity index (χ0) is 20.3. The van der Waals surface area contributed by atoms with Crippen molar-refractivity contribution < 1.29 is 9.53 Å². The molecule has 0 aliphatic heterocycles. The van der Waals surface area contributed by atoms with Gasteiger partial charge in [0.05, 0.1) is 5.41 Å². The summed E-state index contributed by atoms with van der Waals surface area (Å²) >= 11 is 0. The minimum atomic E-state index is -0.448. The van der Waals surface area contributed by atoms with Crippen molar-refractivity contribution in [1.82, 2.24) is 0 Å². The van der Waals surface area contributed by atoms with Crippen molar-refractivity contribution in [3.8, 4) is 0 Å². The highest BCUT2D eigenvalue weighted by atomic mass is 16.6. The molecule has 4 bridgehead atoms. The largest absolute Gasteiger partial charge is 0.459 e. The molecule has 0 amide bonds. The van der Waals surface area contributed by atoms with Crippen LogP contribution in [0.2, 0.25) is 0 Å².